The topological polar surface area (TPSA) is 29.5 Å². The summed E-state index contributed by atoms with van der Waals surface area (Å²) in [5, 5.41) is 9.73. The van der Waals surface area contributed by atoms with Crippen LogP contribution in [0.3, 0.4) is 0 Å². The molecule has 0 saturated heterocycles. The van der Waals surface area contributed by atoms with Gasteiger partial charge >= 0.3 is 0 Å². The minimum atomic E-state index is -0.729. The van der Waals surface area contributed by atoms with Crippen LogP contribution in [0.2, 0.25) is 0 Å². The first-order valence-corrected chi connectivity index (χ1v) is 4.80. The molecule has 76 valence electrons. The third-order valence-corrected chi connectivity index (χ3v) is 2.54. The Morgan fingerprint density at radius 3 is 3.07 bits per heavy atom. The molecule has 3 heteroatoms. The van der Waals surface area contributed by atoms with Gasteiger partial charge in [0.1, 0.15) is 11.6 Å². The quantitative estimate of drug-likeness (QED) is 0.690. The first kappa shape index (κ1) is 9.46. The Hall–Kier alpha value is -1.09. The van der Waals surface area contributed by atoms with Gasteiger partial charge in [-0.2, -0.15) is 0 Å². The van der Waals surface area contributed by atoms with E-state index in [0.717, 1.165) is 12.0 Å². The molecule has 0 bridgehead atoms. The molecule has 0 amide bonds. The van der Waals surface area contributed by atoms with Gasteiger partial charge in [-0.25, -0.2) is 4.39 Å². The number of rotatable bonds is 0. The van der Waals surface area contributed by atoms with E-state index in [1.54, 1.807) is 6.07 Å². The lowest BCUT2D eigenvalue weighted by molar-refractivity contribution is 0.163. The van der Waals surface area contributed by atoms with Crippen LogP contribution in [0.15, 0.2) is 12.1 Å². The normalized spacial score (nSPS) is 20.9. The lowest BCUT2D eigenvalue weighted by Gasteiger charge is -2.13. The van der Waals surface area contributed by atoms with Gasteiger partial charge in [0.25, 0.3) is 0 Å². The Kier molecular flexibility index (Phi) is 2.42. The molecule has 1 heterocycles. The second-order valence-corrected chi connectivity index (χ2v) is 3.61. The highest BCUT2D eigenvalue weighted by atomic mass is 19.1. The largest absolute Gasteiger partial charge is 0.493 e. The van der Waals surface area contributed by atoms with Crippen molar-refractivity contribution in [3.63, 3.8) is 0 Å². The van der Waals surface area contributed by atoms with E-state index in [-0.39, 0.29) is 5.82 Å². The number of hydrogen-bond acceptors (Lipinski definition) is 2. The van der Waals surface area contributed by atoms with Crippen molar-refractivity contribution in [1.29, 1.82) is 0 Å². The van der Waals surface area contributed by atoms with Crippen molar-refractivity contribution in [3.8, 4) is 5.75 Å². The Labute approximate surface area is 82.3 Å². The van der Waals surface area contributed by atoms with Gasteiger partial charge in [0.2, 0.25) is 0 Å². The summed E-state index contributed by atoms with van der Waals surface area (Å²) in [6.45, 7) is 2.41. The monoisotopic (exact) mass is 196 g/mol. The minimum absolute atomic E-state index is 0.322. The molecule has 1 aromatic rings. The van der Waals surface area contributed by atoms with Crippen LogP contribution in [0.1, 0.15) is 30.1 Å². The minimum Gasteiger partial charge on any atom is -0.493 e. The van der Waals surface area contributed by atoms with Crippen LogP contribution in [0.25, 0.3) is 0 Å². The van der Waals surface area contributed by atoms with Crippen LogP contribution in [0.5, 0.6) is 5.75 Å². The van der Waals surface area contributed by atoms with Crippen molar-refractivity contribution in [2.75, 3.05) is 6.61 Å². The van der Waals surface area contributed by atoms with E-state index < -0.39 is 6.10 Å². The van der Waals surface area contributed by atoms with Gasteiger partial charge in [-0.05, 0) is 31.4 Å². The molecule has 1 N–H and O–H groups in total. The van der Waals surface area contributed by atoms with Crippen LogP contribution in [-0.4, -0.2) is 11.7 Å². The molecule has 0 saturated carbocycles. The maximum atomic E-state index is 13.4. The summed E-state index contributed by atoms with van der Waals surface area (Å²) in [6.07, 6.45) is 0.592. The molecule has 1 atom stereocenters. The molecule has 1 aliphatic rings. The number of aliphatic hydroxyl groups is 1. The summed E-state index contributed by atoms with van der Waals surface area (Å²) in [5.74, 6) is 0.148. The van der Waals surface area contributed by atoms with Crippen molar-refractivity contribution >= 4 is 0 Å². The number of fused-ring (bicyclic) bond motifs is 1. The van der Waals surface area contributed by atoms with Crippen LogP contribution < -0.4 is 4.74 Å². The summed E-state index contributed by atoms with van der Waals surface area (Å²) in [7, 11) is 0. The van der Waals surface area contributed by atoms with Crippen LogP contribution in [0, 0.1) is 12.7 Å². The molecule has 14 heavy (non-hydrogen) atoms. The van der Waals surface area contributed by atoms with E-state index in [9.17, 15) is 9.50 Å². The van der Waals surface area contributed by atoms with Gasteiger partial charge in [-0.1, -0.05) is 6.07 Å². The molecule has 0 radical (unpaired) electrons. The smallest absolute Gasteiger partial charge is 0.132 e. The van der Waals surface area contributed by atoms with Crippen molar-refractivity contribution in [2.24, 2.45) is 0 Å². The zero-order chi connectivity index (χ0) is 10.1. The summed E-state index contributed by atoms with van der Waals surface area (Å²) in [6, 6.07) is 3.05. The fourth-order valence-corrected chi connectivity index (χ4v) is 1.78. The van der Waals surface area contributed by atoms with Gasteiger partial charge in [-0.15, -0.1) is 0 Å². The zero-order valence-electron chi connectivity index (χ0n) is 8.09. The third-order valence-electron chi connectivity index (χ3n) is 2.54. The van der Waals surface area contributed by atoms with E-state index in [2.05, 4.69) is 0 Å². The van der Waals surface area contributed by atoms with Crippen LogP contribution >= 0.6 is 0 Å². The molecular weight excluding hydrogens is 183 g/mol. The van der Waals surface area contributed by atoms with Gasteiger partial charge in [0.05, 0.1) is 18.3 Å². The third kappa shape index (κ3) is 1.48. The summed E-state index contributed by atoms with van der Waals surface area (Å²) < 4.78 is 18.9. The van der Waals surface area contributed by atoms with Crippen LogP contribution in [-0.2, 0) is 0 Å². The van der Waals surface area contributed by atoms with Crippen LogP contribution in [0.4, 0.5) is 4.39 Å². The number of hydrogen-bond donors (Lipinski definition) is 1. The van der Waals surface area contributed by atoms with E-state index in [4.69, 9.17) is 4.74 Å². The average molecular weight is 196 g/mol. The molecule has 2 nitrogen and oxygen atoms in total. The number of aryl methyl sites for hydroxylation is 1. The Morgan fingerprint density at radius 2 is 2.29 bits per heavy atom. The molecule has 0 aromatic heterocycles. The van der Waals surface area contributed by atoms with Crippen molar-refractivity contribution in [2.45, 2.75) is 25.9 Å². The Morgan fingerprint density at radius 1 is 1.50 bits per heavy atom. The molecule has 2 rings (SSSR count). The SMILES string of the molecule is Cc1ccc(F)c2c1OCCC[C@@H]2O. The second-order valence-electron chi connectivity index (χ2n) is 3.61. The van der Waals surface area contributed by atoms with E-state index in [1.165, 1.54) is 6.07 Å². The predicted octanol–water partition coefficient (Wildman–Crippen LogP) is 2.34. The summed E-state index contributed by atoms with van der Waals surface area (Å²) in [4.78, 5) is 0. The second kappa shape index (κ2) is 3.58. The Balaban J connectivity index is 2.57. The van der Waals surface area contributed by atoms with E-state index in [0.29, 0.717) is 24.3 Å². The molecule has 1 aromatic carbocycles. The molecule has 1 aliphatic heterocycles. The molecule has 0 unspecified atom stereocenters. The number of aliphatic hydroxyl groups excluding tert-OH is 1. The first-order chi connectivity index (χ1) is 6.70. The van der Waals surface area contributed by atoms with Crippen molar-refractivity contribution in [1.82, 2.24) is 0 Å². The molecule has 0 fully saturated rings. The van der Waals surface area contributed by atoms with Gasteiger partial charge < -0.3 is 9.84 Å². The van der Waals surface area contributed by atoms with Gasteiger partial charge in [0, 0.05) is 0 Å². The molecule has 0 spiro atoms. The summed E-state index contributed by atoms with van der Waals surface area (Å²) in [5.41, 5.74) is 1.20. The number of benzene rings is 1. The van der Waals surface area contributed by atoms with Gasteiger partial charge in [0.15, 0.2) is 0 Å². The lowest BCUT2D eigenvalue weighted by atomic mass is 10.0. The highest BCUT2D eigenvalue weighted by Crippen LogP contribution is 2.35. The van der Waals surface area contributed by atoms with E-state index in [1.807, 2.05) is 6.92 Å². The van der Waals surface area contributed by atoms with E-state index >= 15 is 0 Å². The van der Waals surface area contributed by atoms with Gasteiger partial charge in [-0.3, -0.25) is 0 Å². The Bertz CT molecular complexity index is 349. The molecular formula is C11H13FO2. The summed E-state index contributed by atoms with van der Waals surface area (Å²) >= 11 is 0. The highest BCUT2D eigenvalue weighted by molar-refractivity contribution is 5.43. The maximum Gasteiger partial charge on any atom is 0.132 e. The fraction of sp³-hybridized carbons (Fsp3) is 0.455. The number of halogens is 1. The first-order valence-electron chi connectivity index (χ1n) is 4.80. The average Bonchev–Trinajstić information content (AvgIpc) is 2.35. The maximum absolute atomic E-state index is 13.4. The highest BCUT2D eigenvalue weighted by Gasteiger charge is 2.22. The predicted molar refractivity (Wildman–Crippen MR) is 50.8 cm³/mol. The standard InChI is InChI=1S/C11H13FO2/c1-7-4-5-8(12)10-9(13)3-2-6-14-11(7)10/h4-5,9,13H,2-3,6H2,1H3/t9-/m0/s1. The zero-order valence-corrected chi connectivity index (χ0v) is 8.09. The fourth-order valence-electron chi connectivity index (χ4n) is 1.78. The molecule has 0 aliphatic carbocycles. The van der Waals surface area contributed by atoms with Crippen molar-refractivity contribution < 1.29 is 14.2 Å². The lowest BCUT2D eigenvalue weighted by Crippen LogP contribution is -2.01. The number of ether oxygens (including phenoxy) is 1. The van der Waals surface area contributed by atoms with Crippen molar-refractivity contribution in [3.05, 3.63) is 29.1 Å².